The lowest BCUT2D eigenvalue weighted by atomic mass is 10.2. The molecule has 150 valence electrons. The van der Waals surface area contributed by atoms with Crippen molar-refractivity contribution in [2.45, 2.75) is 66.2 Å². The summed E-state index contributed by atoms with van der Waals surface area (Å²) in [6.45, 7) is 10.6. The molecule has 0 saturated heterocycles. The SMILES string of the molecule is CCOP(=O)(CCCCn1cc(CNC(=O)OC(C)(C)C)nn1)OCC. The molecule has 1 rings (SSSR count). The first-order valence-corrected chi connectivity index (χ1v) is 10.6. The van der Waals surface area contributed by atoms with E-state index in [1.165, 1.54) is 0 Å². The molecule has 10 heteroatoms. The van der Waals surface area contributed by atoms with Crippen LogP contribution in [0.25, 0.3) is 0 Å². The lowest BCUT2D eigenvalue weighted by molar-refractivity contribution is 0.0523. The minimum absolute atomic E-state index is 0.249. The minimum Gasteiger partial charge on any atom is -0.444 e. The smallest absolute Gasteiger partial charge is 0.407 e. The summed E-state index contributed by atoms with van der Waals surface area (Å²) in [4.78, 5) is 11.6. The topological polar surface area (TPSA) is 105 Å². The van der Waals surface area contributed by atoms with Gasteiger partial charge >= 0.3 is 13.7 Å². The monoisotopic (exact) mass is 390 g/mol. The third-order valence-corrected chi connectivity index (χ3v) is 5.29. The summed E-state index contributed by atoms with van der Waals surface area (Å²) < 4.78 is 29.7. The highest BCUT2D eigenvalue weighted by Crippen LogP contribution is 2.48. The van der Waals surface area contributed by atoms with E-state index >= 15 is 0 Å². The van der Waals surface area contributed by atoms with Gasteiger partial charge in [-0.25, -0.2) is 4.79 Å². The molecule has 0 unspecified atom stereocenters. The Bertz CT molecular complexity index is 590. The highest BCUT2D eigenvalue weighted by Gasteiger charge is 2.22. The van der Waals surface area contributed by atoms with Crippen LogP contribution in [0.5, 0.6) is 0 Å². The van der Waals surface area contributed by atoms with E-state index in [0.29, 0.717) is 38.0 Å². The number of aryl methyl sites for hydroxylation is 1. The summed E-state index contributed by atoms with van der Waals surface area (Å²) >= 11 is 0. The molecule has 26 heavy (non-hydrogen) atoms. The van der Waals surface area contributed by atoms with Crippen molar-refractivity contribution in [2.24, 2.45) is 0 Å². The molecule has 0 radical (unpaired) electrons. The van der Waals surface area contributed by atoms with Gasteiger partial charge in [0.25, 0.3) is 0 Å². The molecule has 0 aromatic carbocycles. The van der Waals surface area contributed by atoms with Crippen molar-refractivity contribution >= 4 is 13.7 Å². The van der Waals surface area contributed by atoms with Crippen LogP contribution >= 0.6 is 7.60 Å². The number of carbonyl (C=O) groups excluding carboxylic acids is 1. The van der Waals surface area contributed by atoms with Crippen LogP contribution in [-0.2, 0) is 31.4 Å². The van der Waals surface area contributed by atoms with Gasteiger partial charge in [0, 0.05) is 6.54 Å². The predicted molar refractivity (Wildman–Crippen MR) is 98.1 cm³/mol. The fourth-order valence-corrected chi connectivity index (χ4v) is 3.88. The van der Waals surface area contributed by atoms with Crippen LogP contribution in [0.1, 0.15) is 53.2 Å². The molecule has 0 aliphatic carbocycles. The van der Waals surface area contributed by atoms with E-state index in [2.05, 4.69) is 15.6 Å². The lowest BCUT2D eigenvalue weighted by Gasteiger charge is -2.19. The standard InChI is InChI=1S/C16H31N4O5P/c1-6-23-26(22,24-7-2)11-9-8-10-20-13-14(18-19-20)12-17-15(21)25-16(3,4)5/h13H,6-12H2,1-5H3,(H,17,21). The molecular weight excluding hydrogens is 359 g/mol. The lowest BCUT2D eigenvalue weighted by Crippen LogP contribution is -2.32. The van der Waals surface area contributed by atoms with Gasteiger partial charge in [-0.3, -0.25) is 9.25 Å². The molecule has 0 fully saturated rings. The normalized spacial score (nSPS) is 12.2. The van der Waals surface area contributed by atoms with Gasteiger partial charge in [0.05, 0.1) is 32.1 Å². The van der Waals surface area contributed by atoms with E-state index in [9.17, 15) is 9.36 Å². The van der Waals surface area contributed by atoms with Crippen molar-refractivity contribution < 1.29 is 23.1 Å². The van der Waals surface area contributed by atoms with Gasteiger partial charge in [-0.15, -0.1) is 5.10 Å². The summed E-state index contributed by atoms with van der Waals surface area (Å²) in [7, 11) is -2.98. The number of nitrogens with one attached hydrogen (secondary N) is 1. The maximum atomic E-state index is 12.3. The van der Waals surface area contributed by atoms with E-state index in [4.69, 9.17) is 13.8 Å². The quantitative estimate of drug-likeness (QED) is 0.456. The van der Waals surface area contributed by atoms with Gasteiger partial charge in [0.1, 0.15) is 11.3 Å². The number of ether oxygens (including phenoxy) is 1. The number of amides is 1. The summed E-state index contributed by atoms with van der Waals surface area (Å²) in [6, 6.07) is 0. The number of carbonyl (C=O) groups is 1. The average molecular weight is 390 g/mol. The van der Waals surface area contributed by atoms with E-state index in [1.807, 2.05) is 0 Å². The Labute approximate surface area is 155 Å². The molecular formula is C16H31N4O5P. The van der Waals surface area contributed by atoms with Gasteiger partial charge < -0.3 is 19.1 Å². The Morgan fingerprint density at radius 3 is 2.46 bits per heavy atom. The van der Waals surface area contributed by atoms with Crippen molar-refractivity contribution in [1.29, 1.82) is 0 Å². The van der Waals surface area contributed by atoms with E-state index in [1.54, 1.807) is 45.5 Å². The van der Waals surface area contributed by atoms with E-state index in [-0.39, 0.29) is 6.54 Å². The fourth-order valence-electron chi connectivity index (χ4n) is 2.14. The number of aromatic nitrogens is 3. The number of nitrogens with zero attached hydrogens (tertiary/aromatic N) is 3. The van der Waals surface area contributed by atoms with Crippen LogP contribution in [0.3, 0.4) is 0 Å². The second-order valence-electron chi connectivity index (χ2n) is 6.71. The minimum atomic E-state index is -2.98. The molecule has 0 atom stereocenters. The molecule has 1 amide bonds. The second-order valence-corrected chi connectivity index (χ2v) is 8.89. The van der Waals surface area contributed by atoms with Crippen LogP contribution in [0.4, 0.5) is 4.79 Å². The Balaban J connectivity index is 2.33. The van der Waals surface area contributed by atoms with E-state index in [0.717, 1.165) is 6.42 Å². The van der Waals surface area contributed by atoms with E-state index < -0.39 is 19.3 Å². The van der Waals surface area contributed by atoms with Crippen LogP contribution in [0.15, 0.2) is 6.20 Å². The van der Waals surface area contributed by atoms with Crippen molar-refractivity contribution in [3.05, 3.63) is 11.9 Å². The largest absolute Gasteiger partial charge is 0.444 e. The van der Waals surface area contributed by atoms with Crippen LogP contribution in [-0.4, -0.2) is 46.1 Å². The van der Waals surface area contributed by atoms with Gasteiger partial charge in [-0.05, 0) is 47.5 Å². The molecule has 1 N–H and O–H groups in total. The highest BCUT2D eigenvalue weighted by molar-refractivity contribution is 7.53. The molecule has 0 aliphatic heterocycles. The number of hydrogen-bond acceptors (Lipinski definition) is 7. The molecule has 0 spiro atoms. The number of rotatable bonds is 11. The first kappa shape index (κ1) is 22.6. The summed E-state index contributed by atoms with van der Waals surface area (Å²) in [5.41, 5.74) is 0.106. The Morgan fingerprint density at radius 1 is 1.23 bits per heavy atom. The number of hydrogen-bond donors (Lipinski definition) is 1. The Hall–Kier alpha value is -1.44. The average Bonchev–Trinajstić information content (AvgIpc) is 2.96. The van der Waals surface area contributed by atoms with Crippen molar-refractivity contribution in [3.8, 4) is 0 Å². The number of alkyl carbamates (subject to hydrolysis) is 1. The van der Waals surface area contributed by atoms with Crippen molar-refractivity contribution in [1.82, 2.24) is 20.3 Å². The zero-order valence-electron chi connectivity index (χ0n) is 16.4. The zero-order valence-corrected chi connectivity index (χ0v) is 17.3. The summed E-state index contributed by atoms with van der Waals surface area (Å²) in [6.07, 6.45) is 3.13. The van der Waals surface area contributed by atoms with Crippen LogP contribution in [0.2, 0.25) is 0 Å². The van der Waals surface area contributed by atoms with Crippen LogP contribution in [0, 0.1) is 0 Å². The molecule has 0 saturated carbocycles. The van der Waals surface area contributed by atoms with Gasteiger partial charge in [0.15, 0.2) is 0 Å². The van der Waals surface area contributed by atoms with Crippen LogP contribution < -0.4 is 5.32 Å². The van der Waals surface area contributed by atoms with Crippen molar-refractivity contribution in [3.63, 3.8) is 0 Å². The third kappa shape index (κ3) is 9.31. The van der Waals surface area contributed by atoms with Gasteiger partial charge in [-0.2, -0.15) is 0 Å². The summed E-state index contributed by atoms with van der Waals surface area (Å²) in [5.74, 6) is 0. The third-order valence-electron chi connectivity index (χ3n) is 3.12. The molecule has 0 aliphatic rings. The van der Waals surface area contributed by atoms with Crippen molar-refractivity contribution in [2.75, 3.05) is 19.4 Å². The second kappa shape index (κ2) is 10.6. The first-order chi connectivity index (χ1) is 12.2. The molecule has 9 nitrogen and oxygen atoms in total. The maximum absolute atomic E-state index is 12.3. The molecule has 1 heterocycles. The predicted octanol–water partition coefficient (Wildman–Crippen LogP) is 3.35. The molecule has 1 aromatic heterocycles. The Kier molecular flexibility index (Phi) is 9.25. The van der Waals surface area contributed by atoms with Gasteiger partial charge in [-0.1, -0.05) is 5.21 Å². The zero-order chi connectivity index (χ0) is 19.6. The van der Waals surface area contributed by atoms with Gasteiger partial charge in [0.2, 0.25) is 0 Å². The molecule has 0 bridgehead atoms. The summed E-state index contributed by atoms with van der Waals surface area (Å²) in [5, 5.41) is 10.7. The fraction of sp³-hybridized carbons (Fsp3) is 0.812. The highest BCUT2D eigenvalue weighted by atomic mass is 31.2. The molecule has 1 aromatic rings. The number of unbranched alkanes of at least 4 members (excludes halogenated alkanes) is 1. The first-order valence-electron chi connectivity index (χ1n) is 8.91. The maximum Gasteiger partial charge on any atom is 0.407 e. The Morgan fingerprint density at radius 2 is 1.88 bits per heavy atom.